The van der Waals surface area contributed by atoms with Crippen LogP contribution in [-0.4, -0.2) is 45.1 Å². The van der Waals surface area contributed by atoms with Gasteiger partial charge in [0.2, 0.25) is 0 Å². The lowest BCUT2D eigenvalue weighted by molar-refractivity contribution is -0.108. The number of hydrogen-bond acceptors (Lipinski definition) is 4. The van der Waals surface area contributed by atoms with Crippen LogP contribution in [0.3, 0.4) is 0 Å². The lowest BCUT2D eigenvalue weighted by Crippen LogP contribution is -2.53. The Morgan fingerprint density at radius 3 is 2.58 bits per heavy atom. The molecule has 0 radical (unpaired) electrons. The molecule has 1 aliphatic heterocycles. The van der Waals surface area contributed by atoms with Crippen molar-refractivity contribution in [3.8, 4) is 11.3 Å². The maximum absolute atomic E-state index is 14.1. The van der Waals surface area contributed by atoms with Crippen molar-refractivity contribution in [2.45, 2.75) is 19.4 Å². The monoisotopic (exact) mass is 354 g/mol. The van der Waals surface area contributed by atoms with E-state index in [2.05, 4.69) is 40.7 Å². The summed E-state index contributed by atoms with van der Waals surface area (Å²) < 4.78 is 14.1. The summed E-state index contributed by atoms with van der Waals surface area (Å²) in [4.78, 5) is 13.8. The van der Waals surface area contributed by atoms with Crippen LogP contribution < -0.4 is 0 Å². The third kappa shape index (κ3) is 2.52. The van der Waals surface area contributed by atoms with Gasteiger partial charge in [0, 0.05) is 54.6 Å². The molecule has 26 heavy (non-hydrogen) atoms. The van der Waals surface area contributed by atoms with Gasteiger partial charge in [-0.3, -0.25) is 4.98 Å². The van der Waals surface area contributed by atoms with Crippen LogP contribution >= 0.6 is 0 Å². The molecule has 1 aliphatic rings. The van der Waals surface area contributed by atoms with Crippen LogP contribution in [0.25, 0.3) is 22.3 Å². The van der Waals surface area contributed by atoms with Crippen molar-refractivity contribution in [1.82, 2.24) is 19.9 Å². The Labute approximate surface area is 151 Å². The molecule has 1 unspecified atom stereocenters. The molecule has 0 spiro atoms. The molecular weight excluding hydrogens is 331 g/mol. The van der Waals surface area contributed by atoms with Gasteiger partial charge in [0.15, 0.2) is 5.82 Å². The number of aromatic nitrogens is 3. The van der Waals surface area contributed by atoms with Gasteiger partial charge >= 0.3 is 0 Å². The quantitative estimate of drug-likeness (QED) is 0.742. The molecule has 0 aliphatic carbocycles. The number of likely N-dealkylation sites (tertiary alicyclic amines) is 1. The predicted octanol–water partition coefficient (Wildman–Crippen LogP) is 3.17. The number of fused-ring (bicyclic) bond motifs is 1. The SMILES string of the molecule is C[C@@H]1CN(C)C[C@H](C)C1(O)c1ccc(-c2ccnc3[nH]cc(F)c23)nc1. The lowest BCUT2D eigenvalue weighted by Gasteiger charge is -2.47. The topological polar surface area (TPSA) is 65.0 Å². The zero-order valence-electron chi connectivity index (χ0n) is 15.2. The number of nitrogens with zero attached hydrogens (tertiary/aromatic N) is 3. The zero-order valence-corrected chi connectivity index (χ0v) is 15.2. The number of rotatable bonds is 2. The first-order valence-electron chi connectivity index (χ1n) is 8.90. The van der Waals surface area contributed by atoms with Gasteiger partial charge in [-0.1, -0.05) is 19.9 Å². The van der Waals surface area contributed by atoms with Crippen LogP contribution in [0.5, 0.6) is 0 Å². The Kier molecular flexibility index (Phi) is 4.04. The second-order valence-electron chi connectivity index (χ2n) is 7.50. The second kappa shape index (κ2) is 6.14. The summed E-state index contributed by atoms with van der Waals surface area (Å²) >= 11 is 0. The van der Waals surface area contributed by atoms with Crippen LogP contribution in [0.2, 0.25) is 0 Å². The molecule has 6 heteroatoms. The molecule has 3 aromatic rings. The average molecular weight is 354 g/mol. The van der Waals surface area contributed by atoms with Gasteiger partial charge in [0.1, 0.15) is 5.65 Å². The third-order valence-corrected chi connectivity index (χ3v) is 5.70. The van der Waals surface area contributed by atoms with Gasteiger partial charge in [0.05, 0.1) is 16.7 Å². The maximum Gasteiger partial charge on any atom is 0.150 e. The molecule has 4 rings (SSSR count). The van der Waals surface area contributed by atoms with E-state index in [0.29, 0.717) is 22.3 Å². The van der Waals surface area contributed by atoms with Gasteiger partial charge in [-0.15, -0.1) is 0 Å². The predicted molar refractivity (Wildman–Crippen MR) is 99.0 cm³/mol. The number of pyridine rings is 2. The van der Waals surface area contributed by atoms with Crippen molar-refractivity contribution in [2.24, 2.45) is 11.8 Å². The standard InChI is InChI=1S/C20H23FN4O/c1-12-10-25(3)11-13(2)20(12,26)14-4-5-17(23-8-14)15-6-7-22-19-18(15)16(21)9-24-19/h4-9,12-13,26H,10-11H2,1-3H3,(H,22,24)/t12-,13+,20?. The number of nitrogens with one attached hydrogen (secondary N) is 1. The lowest BCUT2D eigenvalue weighted by atomic mass is 9.71. The molecule has 1 fully saturated rings. The summed E-state index contributed by atoms with van der Waals surface area (Å²) in [6, 6.07) is 5.53. The number of aliphatic hydroxyl groups is 1. The van der Waals surface area contributed by atoms with Crippen LogP contribution in [0.1, 0.15) is 19.4 Å². The molecule has 1 saturated heterocycles. The molecule has 0 bridgehead atoms. The highest BCUT2D eigenvalue weighted by molar-refractivity contribution is 5.92. The molecule has 0 amide bonds. The Bertz CT molecular complexity index is 925. The number of aromatic amines is 1. The Balaban J connectivity index is 1.74. The van der Waals surface area contributed by atoms with E-state index in [0.717, 1.165) is 18.7 Å². The second-order valence-corrected chi connectivity index (χ2v) is 7.50. The first kappa shape index (κ1) is 17.1. The molecule has 5 nitrogen and oxygen atoms in total. The average Bonchev–Trinajstić information content (AvgIpc) is 3.01. The van der Waals surface area contributed by atoms with Gasteiger partial charge in [-0.2, -0.15) is 0 Å². The number of piperidine rings is 1. The normalized spacial score (nSPS) is 27.1. The molecule has 2 N–H and O–H groups in total. The van der Waals surface area contributed by atoms with Crippen molar-refractivity contribution >= 4 is 11.0 Å². The van der Waals surface area contributed by atoms with E-state index < -0.39 is 5.60 Å². The molecular formula is C20H23FN4O. The van der Waals surface area contributed by atoms with E-state index in [1.807, 2.05) is 12.1 Å². The van der Waals surface area contributed by atoms with E-state index in [-0.39, 0.29) is 17.7 Å². The third-order valence-electron chi connectivity index (χ3n) is 5.70. The fraction of sp³-hybridized carbons (Fsp3) is 0.400. The fourth-order valence-electron chi connectivity index (χ4n) is 4.36. The van der Waals surface area contributed by atoms with Gasteiger partial charge < -0.3 is 15.0 Å². The van der Waals surface area contributed by atoms with Crippen molar-refractivity contribution in [3.05, 3.63) is 48.2 Å². The maximum atomic E-state index is 14.1. The van der Waals surface area contributed by atoms with Crippen molar-refractivity contribution in [2.75, 3.05) is 20.1 Å². The van der Waals surface area contributed by atoms with Crippen molar-refractivity contribution in [1.29, 1.82) is 0 Å². The largest absolute Gasteiger partial charge is 0.384 e. The molecule has 4 heterocycles. The summed E-state index contributed by atoms with van der Waals surface area (Å²) in [6.07, 6.45) is 4.67. The summed E-state index contributed by atoms with van der Waals surface area (Å²) in [7, 11) is 2.08. The van der Waals surface area contributed by atoms with E-state index in [1.54, 1.807) is 18.5 Å². The summed E-state index contributed by atoms with van der Waals surface area (Å²) in [5.74, 6) is -0.150. The van der Waals surface area contributed by atoms with Crippen LogP contribution in [0.4, 0.5) is 4.39 Å². The molecule has 0 aromatic carbocycles. The highest BCUT2D eigenvalue weighted by Crippen LogP contribution is 2.41. The minimum absolute atomic E-state index is 0.0960. The minimum Gasteiger partial charge on any atom is -0.384 e. The van der Waals surface area contributed by atoms with Crippen LogP contribution in [0.15, 0.2) is 36.8 Å². The van der Waals surface area contributed by atoms with E-state index in [1.165, 1.54) is 6.20 Å². The van der Waals surface area contributed by atoms with E-state index >= 15 is 0 Å². The first-order valence-corrected chi connectivity index (χ1v) is 8.90. The molecule has 0 saturated carbocycles. The summed E-state index contributed by atoms with van der Waals surface area (Å²) in [6.45, 7) is 5.81. The number of halogens is 1. The Hall–Kier alpha value is -2.31. The summed E-state index contributed by atoms with van der Waals surface area (Å²) in [5, 5.41) is 11.8. The number of hydrogen-bond donors (Lipinski definition) is 2. The highest BCUT2D eigenvalue weighted by atomic mass is 19.1. The molecule has 3 atom stereocenters. The zero-order chi connectivity index (χ0) is 18.5. The molecule has 3 aromatic heterocycles. The first-order chi connectivity index (χ1) is 12.4. The molecule has 136 valence electrons. The summed E-state index contributed by atoms with van der Waals surface area (Å²) in [5.41, 5.74) is 1.76. The van der Waals surface area contributed by atoms with E-state index in [4.69, 9.17) is 0 Å². The Morgan fingerprint density at radius 2 is 1.92 bits per heavy atom. The minimum atomic E-state index is -0.912. The Morgan fingerprint density at radius 1 is 1.19 bits per heavy atom. The van der Waals surface area contributed by atoms with Gasteiger partial charge in [0.25, 0.3) is 0 Å². The fourth-order valence-corrected chi connectivity index (χ4v) is 4.36. The van der Waals surface area contributed by atoms with Gasteiger partial charge in [-0.25, -0.2) is 9.37 Å². The van der Waals surface area contributed by atoms with Crippen molar-refractivity contribution < 1.29 is 9.50 Å². The smallest absolute Gasteiger partial charge is 0.150 e. The number of H-pyrrole nitrogens is 1. The van der Waals surface area contributed by atoms with E-state index in [9.17, 15) is 9.50 Å². The van der Waals surface area contributed by atoms with Crippen molar-refractivity contribution in [3.63, 3.8) is 0 Å². The highest BCUT2D eigenvalue weighted by Gasteiger charge is 2.45. The van der Waals surface area contributed by atoms with Gasteiger partial charge in [-0.05, 0) is 19.2 Å². The van der Waals surface area contributed by atoms with Crippen LogP contribution in [0, 0.1) is 17.7 Å². The van der Waals surface area contributed by atoms with Crippen LogP contribution in [-0.2, 0) is 5.60 Å².